The van der Waals surface area contributed by atoms with Crippen molar-refractivity contribution in [2.45, 2.75) is 76.1 Å². The third kappa shape index (κ3) is 10.9. The summed E-state index contributed by atoms with van der Waals surface area (Å²) in [6.07, 6.45) is 6.33. The number of aromatic nitrogens is 2. The Morgan fingerprint density at radius 3 is 2.61 bits per heavy atom. The first kappa shape index (κ1) is 26.7. The molecule has 0 aromatic carbocycles. The van der Waals surface area contributed by atoms with Gasteiger partial charge in [0.2, 0.25) is 0 Å². The molecule has 2 fully saturated rings. The summed E-state index contributed by atoms with van der Waals surface area (Å²) in [5.74, 6) is 1.31. The highest BCUT2D eigenvalue weighted by Crippen LogP contribution is 2.32. The Balaban J connectivity index is 1.26. The summed E-state index contributed by atoms with van der Waals surface area (Å²) in [4.78, 5) is 9.27. The largest absolute Gasteiger partial charge is 0.376 e. The van der Waals surface area contributed by atoms with E-state index in [-0.39, 0.29) is 6.10 Å². The second-order valence-corrected chi connectivity index (χ2v) is 15.7. The van der Waals surface area contributed by atoms with Crippen LogP contribution in [0.1, 0.15) is 43.1 Å². The quantitative estimate of drug-likeness (QED) is 0.225. The minimum Gasteiger partial charge on any atom is -0.376 e. The van der Waals surface area contributed by atoms with Crippen LogP contribution in [0.2, 0.25) is 25.7 Å². The molecule has 1 aliphatic carbocycles. The molecule has 1 unspecified atom stereocenters. The summed E-state index contributed by atoms with van der Waals surface area (Å²) in [6, 6.07) is 3.07. The van der Waals surface area contributed by atoms with Crippen LogP contribution in [0.5, 0.6) is 0 Å². The molecule has 1 aliphatic heterocycles. The fraction of sp³-hybridized carbons (Fsp3) is 0.833. The van der Waals surface area contributed by atoms with Crippen LogP contribution in [0.3, 0.4) is 0 Å². The molecular weight excluding hydrogens is 440 g/mol. The van der Waals surface area contributed by atoms with E-state index in [1.54, 1.807) is 0 Å². The minimum absolute atomic E-state index is 0.0536. The lowest BCUT2D eigenvalue weighted by Crippen LogP contribution is -2.33. The van der Waals surface area contributed by atoms with Crippen molar-refractivity contribution in [2.24, 2.45) is 0 Å². The average Bonchev–Trinajstić information content (AvgIpc) is 2.82. The van der Waals surface area contributed by atoms with Gasteiger partial charge in [-0.2, -0.15) is 0 Å². The molecule has 0 bridgehead atoms. The van der Waals surface area contributed by atoms with Gasteiger partial charge in [0.1, 0.15) is 18.7 Å². The molecule has 2 aliphatic rings. The van der Waals surface area contributed by atoms with Gasteiger partial charge in [-0.15, -0.1) is 0 Å². The summed E-state index contributed by atoms with van der Waals surface area (Å²) >= 11 is 0. The molecule has 9 heteroatoms. The van der Waals surface area contributed by atoms with Crippen LogP contribution in [0.15, 0.2) is 12.3 Å². The monoisotopic (exact) mass is 482 g/mol. The van der Waals surface area contributed by atoms with E-state index in [0.717, 1.165) is 49.9 Å². The van der Waals surface area contributed by atoms with Crippen molar-refractivity contribution in [3.63, 3.8) is 0 Å². The van der Waals surface area contributed by atoms with Gasteiger partial charge >= 0.3 is 0 Å². The first-order valence-corrected chi connectivity index (χ1v) is 16.1. The summed E-state index contributed by atoms with van der Waals surface area (Å²) in [5, 5.41) is 0. The molecule has 1 saturated carbocycles. The summed E-state index contributed by atoms with van der Waals surface area (Å²) in [5.41, 5.74) is 0.914. The molecule has 188 valence electrons. The maximum atomic E-state index is 6.02. The van der Waals surface area contributed by atoms with Gasteiger partial charge in [-0.1, -0.05) is 19.6 Å². The Bertz CT molecular complexity index is 661. The highest BCUT2D eigenvalue weighted by atomic mass is 28.3. The molecule has 0 N–H and O–H groups in total. The highest BCUT2D eigenvalue weighted by molar-refractivity contribution is 6.76. The van der Waals surface area contributed by atoms with Crippen LogP contribution in [0.25, 0.3) is 0 Å². The van der Waals surface area contributed by atoms with E-state index in [9.17, 15) is 0 Å². The van der Waals surface area contributed by atoms with E-state index < -0.39 is 8.07 Å². The van der Waals surface area contributed by atoms with Crippen LogP contribution in [0.4, 0.5) is 0 Å². The minimum atomic E-state index is -1.06. The fourth-order valence-electron chi connectivity index (χ4n) is 3.94. The van der Waals surface area contributed by atoms with E-state index in [1.165, 1.54) is 0 Å². The Kier molecular flexibility index (Phi) is 11.7. The third-order valence-corrected chi connectivity index (χ3v) is 7.66. The summed E-state index contributed by atoms with van der Waals surface area (Å²) in [7, 11) is -1.06. The zero-order chi connectivity index (χ0) is 23.4. The van der Waals surface area contributed by atoms with Gasteiger partial charge in [-0.05, 0) is 37.8 Å². The number of ether oxygens (including phenoxy) is 6. The van der Waals surface area contributed by atoms with Crippen LogP contribution in [0, 0.1) is 0 Å². The van der Waals surface area contributed by atoms with E-state index in [4.69, 9.17) is 33.4 Å². The van der Waals surface area contributed by atoms with Gasteiger partial charge in [0.15, 0.2) is 0 Å². The molecule has 1 aromatic heterocycles. The van der Waals surface area contributed by atoms with Gasteiger partial charge in [-0.25, -0.2) is 9.97 Å². The zero-order valence-corrected chi connectivity index (χ0v) is 21.6. The third-order valence-electron chi connectivity index (χ3n) is 5.95. The lowest BCUT2D eigenvalue weighted by atomic mass is 9.87. The standard InChI is InChI=1S/C24H42N2O6Si/c1-33(2,3)15-14-29-19-30-16-21-8-9-25-24(26-21)20-4-6-22(7-5-20)31-12-10-27-17-23-18-28-11-13-32-23/h8-9,20,22-23H,4-7,10-19H2,1-3H3. The van der Waals surface area contributed by atoms with Crippen LogP contribution >= 0.6 is 0 Å². The molecule has 1 atom stereocenters. The van der Waals surface area contributed by atoms with Crippen molar-refractivity contribution in [2.75, 3.05) is 53.0 Å². The molecule has 0 amide bonds. The molecule has 2 heterocycles. The predicted molar refractivity (Wildman–Crippen MR) is 128 cm³/mol. The van der Waals surface area contributed by atoms with Gasteiger partial charge in [0.05, 0.1) is 58.0 Å². The van der Waals surface area contributed by atoms with E-state index in [1.807, 2.05) is 12.3 Å². The molecule has 3 rings (SSSR count). The molecular formula is C24H42N2O6Si. The zero-order valence-electron chi connectivity index (χ0n) is 20.6. The van der Waals surface area contributed by atoms with E-state index in [2.05, 4.69) is 24.6 Å². The summed E-state index contributed by atoms with van der Waals surface area (Å²) in [6.45, 7) is 12.3. The molecule has 0 spiro atoms. The van der Waals surface area contributed by atoms with Gasteiger partial charge in [-0.3, -0.25) is 0 Å². The van der Waals surface area contributed by atoms with Crippen LogP contribution in [-0.4, -0.2) is 83.3 Å². The molecule has 33 heavy (non-hydrogen) atoms. The topological polar surface area (TPSA) is 81.2 Å². The van der Waals surface area contributed by atoms with Crippen molar-refractivity contribution in [1.82, 2.24) is 9.97 Å². The maximum absolute atomic E-state index is 6.02. The molecule has 8 nitrogen and oxygen atoms in total. The molecule has 0 radical (unpaired) electrons. The number of rotatable bonds is 14. The van der Waals surface area contributed by atoms with Gasteiger partial charge < -0.3 is 28.4 Å². The van der Waals surface area contributed by atoms with E-state index in [0.29, 0.717) is 65.1 Å². The first-order valence-electron chi connectivity index (χ1n) is 12.4. The second kappa shape index (κ2) is 14.5. The van der Waals surface area contributed by atoms with Crippen LogP contribution < -0.4 is 0 Å². The maximum Gasteiger partial charge on any atom is 0.147 e. The Morgan fingerprint density at radius 2 is 1.85 bits per heavy atom. The average molecular weight is 483 g/mol. The van der Waals surface area contributed by atoms with Crippen molar-refractivity contribution in [1.29, 1.82) is 0 Å². The van der Waals surface area contributed by atoms with Gasteiger partial charge in [0.25, 0.3) is 0 Å². The SMILES string of the molecule is C[Si](C)(C)CCOCOCc1ccnc(C2CCC(OCCOCC3COCCO3)CC2)n1. The highest BCUT2D eigenvalue weighted by Gasteiger charge is 2.25. The first-order chi connectivity index (χ1) is 16.0. The summed E-state index contributed by atoms with van der Waals surface area (Å²) < 4.78 is 33.9. The predicted octanol–water partition coefficient (Wildman–Crippen LogP) is 3.78. The lowest BCUT2D eigenvalue weighted by molar-refractivity contribution is -0.120. The normalized spacial score (nSPS) is 24.2. The van der Waals surface area contributed by atoms with Crippen LogP contribution in [-0.2, 0) is 35.0 Å². The fourth-order valence-corrected chi connectivity index (χ4v) is 4.70. The van der Waals surface area contributed by atoms with Gasteiger partial charge in [0, 0.05) is 26.8 Å². The van der Waals surface area contributed by atoms with Crippen molar-refractivity contribution in [3.05, 3.63) is 23.8 Å². The molecule has 1 saturated heterocycles. The van der Waals surface area contributed by atoms with Crippen molar-refractivity contribution >= 4 is 8.07 Å². The van der Waals surface area contributed by atoms with E-state index >= 15 is 0 Å². The molecule has 1 aromatic rings. The lowest BCUT2D eigenvalue weighted by Gasteiger charge is -2.28. The smallest absolute Gasteiger partial charge is 0.147 e. The number of nitrogens with zero attached hydrogens (tertiary/aromatic N) is 2. The number of hydrogen-bond acceptors (Lipinski definition) is 8. The second-order valence-electron chi connectivity index (χ2n) is 10.1. The van der Waals surface area contributed by atoms with Crippen molar-refractivity contribution < 1.29 is 28.4 Å². The Hall–Kier alpha value is -0.943. The Morgan fingerprint density at radius 1 is 1.00 bits per heavy atom. The van der Waals surface area contributed by atoms with Crippen molar-refractivity contribution in [3.8, 4) is 0 Å². The Labute approximate surface area is 199 Å². The number of hydrogen-bond donors (Lipinski definition) is 0.